The Morgan fingerprint density at radius 2 is 1.71 bits per heavy atom. The summed E-state index contributed by atoms with van der Waals surface area (Å²) in [5, 5.41) is 3.67. The molecule has 0 aliphatic carbocycles. The number of pyridine rings is 1. The van der Waals surface area contributed by atoms with Gasteiger partial charge in [0.15, 0.2) is 6.61 Å². The molecule has 0 atom stereocenters. The fourth-order valence-electron chi connectivity index (χ4n) is 3.23. The summed E-state index contributed by atoms with van der Waals surface area (Å²) in [4.78, 5) is 16.9. The van der Waals surface area contributed by atoms with Crippen molar-refractivity contribution in [2.75, 3.05) is 26.1 Å². The van der Waals surface area contributed by atoms with E-state index in [0.29, 0.717) is 17.2 Å². The predicted octanol–water partition coefficient (Wildman–Crippen LogP) is 4.19. The second-order valence-corrected chi connectivity index (χ2v) is 6.62. The van der Waals surface area contributed by atoms with Crippen molar-refractivity contribution >= 4 is 22.5 Å². The van der Waals surface area contributed by atoms with E-state index < -0.39 is 0 Å². The minimum atomic E-state index is -0.241. The van der Waals surface area contributed by atoms with Crippen molar-refractivity contribution in [1.29, 1.82) is 0 Å². The van der Waals surface area contributed by atoms with Crippen molar-refractivity contribution in [2.45, 2.75) is 20.8 Å². The van der Waals surface area contributed by atoms with Gasteiger partial charge in [0.25, 0.3) is 5.91 Å². The van der Waals surface area contributed by atoms with E-state index in [0.717, 1.165) is 33.5 Å². The highest BCUT2D eigenvalue weighted by atomic mass is 16.5. The number of benzene rings is 2. The molecule has 0 aliphatic rings. The van der Waals surface area contributed by atoms with Crippen molar-refractivity contribution in [1.82, 2.24) is 4.98 Å². The lowest BCUT2D eigenvalue weighted by atomic mass is 10.1. The molecule has 0 saturated heterocycles. The highest BCUT2D eigenvalue weighted by Crippen LogP contribution is 2.29. The number of hydrogen-bond acceptors (Lipinski definition) is 5. The maximum Gasteiger partial charge on any atom is 0.262 e. The first-order chi connectivity index (χ1) is 13.4. The van der Waals surface area contributed by atoms with Gasteiger partial charge in [-0.1, -0.05) is 0 Å². The highest BCUT2D eigenvalue weighted by molar-refractivity contribution is 5.93. The van der Waals surface area contributed by atoms with Crippen LogP contribution in [-0.4, -0.2) is 31.7 Å². The van der Waals surface area contributed by atoms with E-state index in [-0.39, 0.29) is 12.5 Å². The van der Waals surface area contributed by atoms with Crippen LogP contribution in [-0.2, 0) is 4.79 Å². The largest absolute Gasteiger partial charge is 0.497 e. The number of amides is 1. The third kappa shape index (κ3) is 4.17. The fraction of sp³-hybridized carbons (Fsp3) is 0.273. The van der Waals surface area contributed by atoms with Crippen LogP contribution in [0.2, 0.25) is 0 Å². The minimum absolute atomic E-state index is 0.111. The molecule has 28 heavy (non-hydrogen) atoms. The summed E-state index contributed by atoms with van der Waals surface area (Å²) in [6.07, 6.45) is 0. The van der Waals surface area contributed by atoms with E-state index >= 15 is 0 Å². The van der Waals surface area contributed by atoms with Crippen molar-refractivity contribution in [3.63, 3.8) is 0 Å². The van der Waals surface area contributed by atoms with Crippen LogP contribution in [0.3, 0.4) is 0 Å². The Balaban J connectivity index is 1.76. The summed E-state index contributed by atoms with van der Waals surface area (Å²) < 4.78 is 16.4. The number of carbonyl (C=O) groups is 1. The number of aryl methyl sites for hydroxylation is 3. The Morgan fingerprint density at radius 3 is 2.36 bits per heavy atom. The Morgan fingerprint density at radius 1 is 1.00 bits per heavy atom. The van der Waals surface area contributed by atoms with Crippen LogP contribution in [0.15, 0.2) is 36.4 Å². The van der Waals surface area contributed by atoms with E-state index in [1.807, 2.05) is 57.2 Å². The lowest BCUT2D eigenvalue weighted by Gasteiger charge is -2.13. The number of fused-ring (bicyclic) bond motifs is 1. The lowest BCUT2D eigenvalue weighted by Crippen LogP contribution is -2.20. The van der Waals surface area contributed by atoms with Gasteiger partial charge < -0.3 is 19.5 Å². The summed E-state index contributed by atoms with van der Waals surface area (Å²) >= 11 is 0. The highest BCUT2D eigenvalue weighted by Gasteiger charge is 2.11. The number of anilines is 1. The fourth-order valence-corrected chi connectivity index (χ4v) is 3.23. The summed E-state index contributed by atoms with van der Waals surface area (Å²) in [5.74, 6) is 1.88. The van der Waals surface area contributed by atoms with E-state index in [1.165, 1.54) is 0 Å². The molecule has 2 aromatic carbocycles. The molecular weight excluding hydrogens is 356 g/mol. The van der Waals surface area contributed by atoms with Gasteiger partial charge in [0.2, 0.25) is 0 Å². The molecule has 146 valence electrons. The molecular formula is C22H24N2O4. The topological polar surface area (TPSA) is 69.7 Å². The first-order valence-electron chi connectivity index (χ1n) is 8.94. The smallest absolute Gasteiger partial charge is 0.262 e. The molecule has 0 spiro atoms. The Bertz CT molecular complexity index is 1010. The normalized spacial score (nSPS) is 10.6. The zero-order valence-electron chi connectivity index (χ0n) is 16.8. The van der Waals surface area contributed by atoms with Gasteiger partial charge in [0, 0.05) is 22.8 Å². The van der Waals surface area contributed by atoms with Crippen LogP contribution in [0.5, 0.6) is 17.2 Å². The van der Waals surface area contributed by atoms with Gasteiger partial charge in [-0.25, -0.2) is 0 Å². The van der Waals surface area contributed by atoms with Crippen LogP contribution in [0.1, 0.15) is 16.8 Å². The first kappa shape index (κ1) is 19.5. The monoisotopic (exact) mass is 380 g/mol. The van der Waals surface area contributed by atoms with E-state index in [2.05, 4.69) is 10.3 Å². The van der Waals surface area contributed by atoms with Gasteiger partial charge in [-0.15, -0.1) is 0 Å². The average molecular weight is 380 g/mol. The molecule has 1 heterocycles. The second-order valence-electron chi connectivity index (χ2n) is 6.62. The molecule has 0 fully saturated rings. The molecule has 1 amide bonds. The van der Waals surface area contributed by atoms with E-state index in [4.69, 9.17) is 14.2 Å². The van der Waals surface area contributed by atoms with Gasteiger partial charge in [-0.05, 0) is 62.2 Å². The number of aromatic nitrogens is 1. The summed E-state index contributed by atoms with van der Waals surface area (Å²) in [6.45, 7) is 5.66. The van der Waals surface area contributed by atoms with Gasteiger partial charge >= 0.3 is 0 Å². The third-order valence-corrected chi connectivity index (χ3v) is 4.41. The number of methoxy groups -OCH3 is 2. The van der Waals surface area contributed by atoms with Crippen LogP contribution in [0, 0.1) is 20.8 Å². The average Bonchev–Trinajstić information content (AvgIpc) is 2.65. The maximum atomic E-state index is 12.4. The zero-order valence-corrected chi connectivity index (χ0v) is 16.8. The van der Waals surface area contributed by atoms with Gasteiger partial charge in [0.05, 0.1) is 19.7 Å². The summed E-state index contributed by atoms with van der Waals surface area (Å²) in [5.41, 5.74) is 4.23. The van der Waals surface area contributed by atoms with Crippen molar-refractivity contribution in [2.24, 2.45) is 0 Å². The van der Waals surface area contributed by atoms with Crippen molar-refractivity contribution in [3.05, 3.63) is 53.2 Å². The zero-order chi connectivity index (χ0) is 20.3. The third-order valence-electron chi connectivity index (χ3n) is 4.41. The van der Waals surface area contributed by atoms with Crippen LogP contribution in [0.4, 0.5) is 5.69 Å². The Kier molecular flexibility index (Phi) is 5.68. The maximum absolute atomic E-state index is 12.4. The molecule has 3 aromatic rings. The van der Waals surface area contributed by atoms with E-state index in [1.54, 1.807) is 14.2 Å². The summed E-state index contributed by atoms with van der Waals surface area (Å²) in [6, 6.07) is 11.1. The van der Waals surface area contributed by atoms with Crippen molar-refractivity contribution < 1.29 is 19.0 Å². The number of rotatable bonds is 6. The molecule has 1 aromatic heterocycles. The van der Waals surface area contributed by atoms with Gasteiger partial charge in [-0.2, -0.15) is 0 Å². The molecule has 1 N–H and O–H groups in total. The predicted molar refractivity (Wildman–Crippen MR) is 110 cm³/mol. The number of ether oxygens (including phenoxy) is 3. The first-order valence-corrected chi connectivity index (χ1v) is 8.94. The van der Waals surface area contributed by atoms with Gasteiger partial charge in [0.1, 0.15) is 17.2 Å². The molecule has 0 bridgehead atoms. The summed E-state index contributed by atoms with van der Waals surface area (Å²) in [7, 11) is 3.24. The number of nitrogens with zero attached hydrogens (tertiary/aromatic N) is 1. The SMILES string of the molecule is COc1ccc2nc(C)cc(OCC(=O)Nc3cc(C)c(OC)c(C)c3)c2c1. The molecule has 6 nitrogen and oxygen atoms in total. The lowest BCUT2D eigenvalue weighted by molar-refractivity contribution is -0.118. The molecule has 0 radical (unpaired) electrons. The van der Waals surface area contributed by atoms with Crippen LogP contribution >= 0.6 is 0 Å². The van der Waals surface area contributed by atoms with E-state index in [9.17, 15) is 4.79 Å². The van der Waals surface area contributed by atoms with Crippen LogP contribution < -0.4 is 19.5 Å². The minimum Gasteiger partial charge on any atom is -0.497 e. The molecule has 0 aliphatic heterocycles. The molecule has 6 heteroatoms. The number of hydrogen-bond donors (Lipinski definition) is 1. The molecule has 3 rings (SSSR count). The quantitative estimate of drug-likeness (QED) is 0.694. The Hall–Kier alpha value is -3.28. The second kappa shape index (κ2) is 8.17. The standard InChI is InChI=1S/C22H24N2O4/c1-13-8-16(9-14(2)22(13)27-5)24-21(25)12-28-20-10-15(3)23-19-7-6-17(26-4)11-18(19)20/h6-11H,12H2,1-5H3,(H,24,25). The van der Waals surface area contributed by atoms with Gasteiger partial charge in [-0.3, -0.25) is 9.78 Å². The Labute approximate surface area is 164 Å². The number of carbonyl (C=O) groups excluding carboxylic acids is 1. The molecule has 0 unspecified atom stereocenters. The van der Waals surface area contributed by atoms with Crippen LogP contribution in [0.25, 0.3) is 10.9 Å². The number of nitrogens with one attached hydrogen (secondary N) is 1. The van der Waals surface area contributed by atoms with Crippen molar-refractivity contribution in [3.8, 4) is 17.2 Å². The molecule has 0 saturated carbocycles.